The number of halogens is 1. The summed E-state index contributed by atoms with van der Waals surface area (Å²) in [6.07, 6.45) is 1.53. The van der Waals surface area contributed by atoms with Gasteiger partial charge in [-0.1, -0.05) is 0 Å². The lowest BCUT2D eigenvalue weighted by atomic mass is 10.3. The van der Waals surface area contributed by atoms with Crippen LogP contribution in [0.25, 0.3) is 0 Å². The number of nitrogens with zero attached hydrogens (tertiary/aromatic N) is 2. The van der Waals surface area contributed by atoms with Gasteiger partial charge in [-0.3, -0.25) is 4.79 Å². The zero-order valence-corrected chi connectivity index (χ0v) is 9.91. The van der Waals surface area contributed by atoms with E-state index >= 15 is 0 Å². The number of hydrogen-bond acceptors (Lipinski definition) is 5. The van der Waals surface area contributed by atoms with Gasteiger partial charge in [0.15, 0.2) is 0 Å². The van der Waals surface area contributed by atoms with E-state index in [1.54, 1.807) is 6.92 Å². The molecule has 0 fully saturated rings. The number of rotatable bonds is 4. The molecule has 1 aromatic rings. The Morgan fingerprint density at radius 2 is 2.40 bits per heavy atom. The minimum atomic E-state index is -0.532. The molecule has 0 aliphatic rings. The van der Waals surface area contributed by atoms with Gasteiger partial charge in [-0.2, -0.15) is 4.98 Å². The average molecular weight is 275 g/mol. The largest absolute Gasteiger partial charge is 0.480 e. The predicted molar refractivity (Wildman–Crippen MR) is 58.6 cm³/mol. The maximum Gasteiger partial charge on any atom is 0.239 e. The molecule has 7 heteroatoms. The number of carbonyl (C=O) groups excluding carboxylic acids is 1. The number of nitrogens with one attached hydrogen (secondary N) is 1. The van der Waals surface area contributed by atoms with Crippen LogP contribution in [0.4, 0.5) is 5.95 Å². The number of ether oxygens (including phenoxy) is 1. The van der Waals surface area contributed by atoms with Gasteiger partial charge in [0.25, 0.3) is 0 Å². The minimum absolute atomic E-state index is 0.293. The molecule has 1 heterocycles. The molecule has 0 aromatic carbocycles. The van der Waals surface area contributed by atoms with E-state index in [0.717, 1.165) is 0 Å². The van der Waals surface area contributed by atoms with E-state index in [4.69, 9.17) is 10.5 Å². The van der Waals surface area contributed by atoms with Crippen molar-refractivity contribution in [3.8, 4) is 5.88 Å². The fourth-order valence-corrected chi connectivity index (χ4v) is 1.18. The van der Waals surface area contributed by atoms with E-state index in [0.29, 0.717) is 16.3 Å². The molecule has 0 bridgehead atoms. The van der Waals surface area contributed by atoms with Crippen molar-refractivity contribution >= 4 is 27.8 Å². The SMILES string of the molecule is COc1nc(NC(C)C(N)=O)ncc1Br. The van der Waals surface area contributed by atoms with Gasteiger partial charge in [-0.15, -0.1) is 0 Å². The molecule has 1 atom stereocenters. The number of hydrogen-bond donors (Lipinski definition) is 2. The molecule has 0 radical (unpaired) electrons. The zero-order chi connectivity index (χ0) is 11.4. The van der Waals surface area contributed by atoms with Crippen molar-refractivity contribution in [2.75, 3.05) is 12.4 Å². The van der Waals surface area contributed by atoms with Gasteiger partial charge < -0.3 is 15.8 Å². The summed E-state index contributed by atoms with van der Waals surface area (Å²) in [4.78, 5) is 18.8. The molecule has 0 aliphatic heterocycles. The van der Waals surface area contributed by atoms with Crippen LogP contribution in [0, 0.1) is 0 Å². The Kier molecular flexibility index (Phi) is 3.84. The highest BCUT2D eigenvalue weighted by atomic mass is 79.9. The van der Waals surface area contributed by atoms with Crippen LogP contribution in [0.1, 0.15) is 6.92 Å². The van der Waals surface area contributed by atoms with Gasteiger partial charge in [-0.25, -0.2) is 4.98 Å². The van der Waals surface area contributed by atoms with Gasteiger partial charge >= 0.3 is 0 Å². The van der Waals surface area contributed by atoms with Crippen molar-refractivity contribution in [1.29, 1.82) is 0 Å². The number of methoxy groups -OCH3 is 1. The number of aromatic nitrogens is 2. The van der Waals surface area contributed by atoms with Crippen molar-refractivity contribution in [2.24, 2.45) is 5.73 Å². The smallest absolute Gasteiger partial charge is 0.239 e. The Bertz CT molecular complexity index is 372. The molecular weight excluding hydrogens is 264 g/mol. The fraction of sp³-hybridized carbons (Fsp3) is 0.375. The first-order valence-corrected chi connectivity index (χ1v) is 4.96. The molecule has 82 valence electrons. The van der Waals surface area contributed by atoms with E-state index < -0.39 is 11.9 Å². The molecule has 0 spiro atoms. The number of primary amides is 1. The molecule has 1 unspecified atom stereocenters. The highest BCUT2D eigenvalue weighted by molar-refractivity contribution is 9.10. The molecule has 1 aromatic heterocycles. The summed E-state index contributed by atoms with van der Waals surface area (Å²) in [7, 11) is 1.49. The third kappa shape index (κ3) is 3.05. The molecular formula is C8H11BrN4O2. The highest BCUT2D eigenvalue weighted by Crippen LogP contribution is 2.21. The molecule has 15 heavy (non-hydrogen) atoms. The average Bonchev–Trinajstić information content (AvgIpc) is 2.20. The van der Waals surface area contributed by atoms with Crippen LogP contribution in [-0.4, -0.2) is 29.0 Å². The first-order valence-electron chi connectivity index (χ1n) is 4.17. The van der Waals surface area contributed by atoms with Crippen molar-refractivity contribution in [2.45, 2.75) is 13.0 Å². The third-order valence-electron chi connectivity index (χ3n) is 1.68. The Hall–Kier alpha value is -1.37. The Balaban J connectivity index is 2.83. The number of anilines is 1. The van der Waals surface area contributed by atoms with Crippen LogP contribution in [-0.2, 0) is 4.79 Å². The van der Waals surface area contributed by atoms with Crippen LogP contribution in [0.5, 0.6) is 5.88 Å². The van der Waals surface area contributed by atoms with Crippen molar-refractivity contribution in [1.82, 2.24) is 9.97 Å². The summed E-state index contributed by atoms with van der Waals surface area (Å²) in [5, 5.41) is 2.75. The van der Waals surface area contributed by atoms with E-state index in [1.165, 1.54) is 13.3 Å². The lowest BCUT2D eigenvalue weighted by Gasteiger charge is -2.10. The van der Waals surface area contributed by atoms with Gasteiger partial charge in [0.05, 0.1) is 17.8 Å². The Labute approximate surface area is 95.4 Å². The first kappa shape index (κ1) is 11.7. The maximum atomic E-state index is 10.8. The summed E-state index contributed by atoms with van der Waals surface area (Å²) in [5.74, 6) is 0.214. The lowest BCUT2D eigenvalue weighted by molar-refractivity contribution is -0.118. The normalized spacial score (nSPS) is 11.9. The predicted octanol–water partition coefficient (Wildman–Crippen LogP) is 0.533. The van der Waals surface area contributed by atoms with Crippen LogP contribution in [0.15, 0.2) is 10.7 Å². The van der Waals surface area contributed by atoms with Crippen LogP contribution in [0.3, 0.4) is 0 Å². The summed E-state index contributed by atoms with van der Waals surface area (Å²) in [6, 6.07) is -0.532. The molecule has 1 amide bonds. The highest BCUT2D eigenvalue weighted by Gasteiger charge is 2.11. The summed E-state index contributed by atoms with van der Waals surface area (Å²) in [6.45, 7) is 1.63. The zero-order valence-electron chi connectivity index (χ0n) is 8.32. The standard InChI is InChI=1S/C8H11BrN4O2/c1-4(6(10)14)12-8-11-3-5(9)7(13-8)15-2/h3-4H,1-2H3,(H2,10,14)(H,11,12,13). The van der Waals surface area contributed by atoms with Crippen molar-refractivity contribution < 1.29 is 9.53 Å². The van der Waals surface area contributed by atoms with Crippen molar-refractivity contribution in [3.63, 3.8) is 0 Å². The second-order valence-electron chi connectivity index (χ2n) is 2.82. The number of amides is 1. The van der Waals surface area contributed by atoms with E-state index in [2.05, 4.69) is 31.2 Å². The van der Waals surface area contributed by atoms with E-state index in [9.17, 15) is 4.79 Å². The number of nitrogens with two attached hydrogens (primary N) is 1. The quantitative estimate of drug-likeness (QED) is 0.836. The summed E-state index contributed by atoms with van der Waals surface area (Å²) >= 11 is 3.22. The van der Waals surface area contributed by atoms with Gasteiger partial charge in [-0.05, 0) is 22.9 Å². The van der Waals surface area contributed by atoms with E-state index in [-0.39, 0.29) is 0 Å². The van der Waals surface area contributed by atoms with Gasteiger partial charge in [0, 0.05) is 0 Å². The molecule has 0 saturated carbocycles. The Morgan fingerprint density at radius 3 is 2.93 bits per heavy atom. The second kappa shape index (κ2) is 4.92. The molecule has 6 nitrogen and oxygen atoms in total. The maximum absolute atomic E-state index is 10.8. The first-order chi connectivity index (χ1) is 7.04. The molecule has 1 rings (SSSR count). The fourth-order valence-electron chi connectivity index (χ4n) is 0.829. The summed E-state index contributed by atoms with van der Waals surface area (Å²) in [5.41, 5.74) is 5.09. The third-order valence-corrected chi connectivity index (χ3v) is 2.22. The second-order valence-corrected chi connectivity index (χ2v) is 3.67. The molecule has 3 N–H and O–H groups in total. The molecule has 0 saturated heterocycles. The summed E-state index contributed by atoms with van der Waals surface area (Å²) < 4.78 is 5.61. The van der Waals surface area contributed by atoms with Crippen LogP contribution in [0.2, 0.25) is 0 Å². The Morgan fingerprint density at radius 1 is 1.73 bits per heavy atom. The topological polar surface area (TPSA) is 90.1 Å². The van der Waals surface area contributed by atoms with Crippen LogP contribution < -0.4 is 15.8 Å². The van der Waals surface area contributed by atoms with Gasteiger partial charge in [0.1, 0.15) is 6.04 Å². The lowest BCUT2D eigenvalue weighted by Crippen LogP contribution is -2.33. The minimum Gasteiger partial charge on any atom is -0.480 e. The molecule has 0 aliphatic carbocycles. The van der Waals surface area contributed by atoms with E-state index in [1.807, 2.05) is 0 Å². The van der Waals surface area contributed by atoms with Crippen molar-refractivity contribution in [3.05, 3.63) is 10.7 Å². The number of carbonyl (C=O) groups is 1. The van der Waals surface area contributed by atoms with Crippen LogP contribution >= 0.6 is 15.9 Å². The monoisotopic (exact) mass is 274 g/mol. The van der Waals surface area contributed by atoms with Gasteiger partial charge in [0.2, 0.25) is 17.7 Å².